The van der Waals surface area contributed by atoms with Crippen molar-refractivity contribution in [3.63, 3.8) is 0 Å². The van der Waals surface area contributed by atoms with Crippen LogP contribution in [0, 0.1) is 10.1 Å². The van der Waals surface area contributed by atoms with E-state index >= 15 is 0 Å². The van der Waals surface area contributed by atoms with Gasteiger partial charge in [0.15, 0.2) is 15.6 Å². The molecule has 0 aromatic heterocycles. The summed E-state index contributed by atoms with van der Waals surface area (Å²) in [5.41, 5.74) is -0.482. The SMILES string of the molecule is O=C(OCCCS(=O)(=O)c1ccccc1)c1ccccc1C(=O)c1ccc(Cl)c([N+](=O)[O-])c1. The lowest BCUT2D eigenvalue weighted by atomic mass is 9.98. The number of halogens is 1. The van der Waals surface area contributed by atoms with Crippen LogP contribution in [0.25, 0.3) is 0 Å². The highest BCUT2D eigenvalue weighted by Gasteiger charge is 2.22. The lowest BCUT2D eigenvalue weighted by Crippen LogP contribution is -2.15. The summed E-state index contributed by atoms with van der Waals surface area (Å²) in [5.74, 6) is -1.63. The first-order valence-corrected chi connectivity index (χ1v) is 11.8. The Kier molecular flexibility index (Phi) is 7.57. The maximum Gasteiger partial charge on any atom is 0.338 e. The Hall–Kier alpha value is -3.56. The Morgan fingerprint density at radius 2 is 1.58 bits per heavy atom. The molecule has 0 saturated carbocycles. The molecule has 33 heavy (non-hydrogen) atoms. The van der Waals surface area contributed by atoms with E-state index in [1.165, 1.54) is 42.5 Å². The van der Waals surface area contributed by atoms with Crippen molar-refractivity contribution in [1.82, 2.24) is 0 Å². The average Bonchev–Trinajstić information content (AvgIpc) is 2.82. The Morgan fingerprint density at radius 3 is 2.24 bits per heavy atom. The Labute approximate surface area is 194 Å². The predicted octanol–water partition coefficient (Wildman–Crippen LogP) is 4.50. The number of nitro benzene ring substituents is 1. The minimum absolute atomic E-state index is 0.00368. The summed E-state index contributed by atoms with van der Waals surface area (Å²) < 4.78 is 29.8. The van der Waals surface area contributed by atoms with Crippen molar-refractivity contribution in [1.29, 1.82) is 0 Å². The van der Waals surface area contributed by atoms with Crippen LogP contribution in [-0.4, -0.2) is 37.5 Å². The van der Waals surface area contributed by atoms with Crippen molar-refractivity contribution in [2.45, 2.75) is 11.3 Å². The largest absolute Gasteiger partial charge is 0.462 e. The summed E-state index contributed by atoms with van der Waals surface area (Å²) >= 11 is 5.80. The number of hydrogen-bond donors (Lipinski definition) is 0. The molecule has 0 aliphatic rings. The van der Waals surface area contributed by atoms with Gasteiger partial charge in [-0.3, -0.25) is 14.9 Å². The molecule has 0 radical (unpaired) electrons. The number of sulfone groups is 1. The summed E-state index contributed by atoms with van der Waals surface area (Å²) in [7, 11) is -3.51. The number of ether oxygens (including phenoxy) is 1. The van der Waals surface area contributed by atoms with Crippen molar-refractivity contribution >= 4 is 38.9 Å². The number of esters is 1. The van der Waals surface area contributed by atoms with Gasteiger partial charge in [-0.2, -0.15) is 0 Å². The molecule has 0 aliphatic carbocycles. The standard InChI is InChI=1S/C23H18ClNO7S/c24-20-12-11-16(15-21(20)25(28)29)22(26)18-9-4-5-10-19(18)23(27)32-13-6-14-33(30,31)17-7-2-1-3-8-17/h1-5,7-12,15H,6,13-14H2. The number of carbonyl (C=O) groups is 2. The van der Waals surface area contributed by atoms with Gasteiger partial charge in [0.1, 0.15) is 5.02 Å². The second-order valence-electron chi connectivity index (χ2n) is 6.92. The van der Waals surface area contributed by atoms with Gasteiger partial charge in [0.2, 0.25) is 0 Å². The monoisotopic (exact) mass is 487 g/mol. The first kappa shape index (κ1) is 24.1. The number of nitrogens with zero attached hydrogens (tertiary/aromatic N) is 1. The van der Waals surface area contributed by atoms with Crippen LogP contribution in [-0.2, 0) is 14.6 Å². The third kappa shape index (κ3) is 5.82. The second-order valence-corrected chi connectivity index (χ2v) is 9.44. The van der Waals surface area contributed by atoms with Gasteiger partial charge in [0.05, 0.1) is 27.7 Å². The van der Waals surface area contributed by atoms with Gasteiger partial charge in [-0.05, 0) is 36.8 Å². The maximum absolute atomic E-state index is 12.9. The van der Waals surface area contributed by atoms with Gasteiger partial charge in [-0.1, -0.05) is 48.0 Å². The van der Waals surface area contributed by atoms with E-state index in [4.69, 9.17) is 16.3 Å². The van der Waals surface area contributed by atoms with Crippen LogP contribution in [0.15, 0.2) is 77.7 Å². The first-order chi connectivity index (χ1) is 15.7. The van der Waals surface area contributed by atoms with Crippen molar-refractivity contribution < 1.29 is 27.7 Å². The molecule has 0 saturated heterocycles. The highest BCUT2D eigenvalue weighted by Crippen LogP contribution is 2.27. The Bertz CT molecular complexity index is 1310. The molecule has 3 aromatic rings. The van der Waals surface area contributed by atoms with Crippen LogP contribution in [0.4, 0.5) is 5.69 Å². The quantitative estimate of drug-likeness (QED) is 0.143. The minimum Gasteiger partial charge on any atom is -0.462 e. The summed E-state index contributed by atoms with van der Waals surface area (Å²) in [4.78, 5) is 36.1. The molecule has 0 spiro atoms. The van der Waals surface area contributed by atoms with E-state index in [9.17, 15) is 28.1 Å². The normalized spacial score (nSPS) is 11.1. The molecule has 0 bridgehead atoms. The molecular weight excluding hydrogens is 470 g/mol. The van der Waals surface area contributed by atoms with Crippen LogP contribution in [0.3, 0.4) is 0 Å². The van der Waals surface area contributed by atoms with Gasteiger partial charge >= 0.3 is 5.97 Å². The fraction of sp³-hybridized carbons (Fsp3) is 0.130. The fourth-order valence-corrected chi connectivity index (χ4v) is 4.54. The van der Waals surface area contributed by atoms with Crippen molar-refractivity contribution in [2.24, 2.45) is 0 Å². The van der Waals surface area contributed by atoms with E-state index in [2.05, 4.69) is 0 Å². The molecule has 3 aromatic carbocycles. The van der Waals surface area contributed by atoms with Crippen molar-refractivity contribution in [2.75, 3.05) is 12.4 Å². The zero-order chi connectivity index (χ0) is 24.0. The first-order valence-electron chi connectivity index (χ1n) is 9.73. The van der Waals surface area contributed by atoms with Gasteiger partial charge in [0, 0.05) is 17.2 Å². The number of nitro groups is 1. The molecule has 10 heteroatoms. The highest BCUT2D eigenvalue weighted by molar-refractivity contribution is 7.91. The number of carbonyl (C=O) groups excluding carboxylic acids is 2. The topological polar surface area (TPSA) is 121 Å². The fourth-order valence-electron chi connectivity index (χ4n) is 3.05. The van der Waals surface area contributed by atoms with E-state index < -0.39 is 32.2 Å². The number of hydrogen-bond acceptors (Lipinski definition) is 7. The van der Waals surface area contributed by atoms with Crippen LogP contribution in [0.2, 0.25) is 5.02 Å². The van der Waals surface area contributed by atoms with E-state index in [1.54, 1.807) is 24.3 Å². The molecule has 0 N–H and O–H groups in total. The summed E-state index contributed by atoms with van der Waals surface area (Å²) in [5, 5.41) is 11.0. The van der Waals surface area contributed by atoms with Crippen molar-refractivity contribution in [3.8, 4) is 0 Å². The number of rotatable bonds is 9. The van der Waals surface area contributed by atoms with E-state index in [0.717, 1.165) is 6.07 Å². The molecule has 0 unspecified atom stereocenters. The molecule has 0 aliphatic heterocycles. The summed E-state index contributed by atoms with van der Waals surface area (Å²) in [6, 6.07) is 17.4. The van der Waals surface area contributed by atoms with Crippen LogP contribution in [0.1, 0.15) is 32.7 Å². The van der Waals surface area contributed by atoms with Crippen LogP contribution >= 0.6 is 11.6 Å². The second kappa shape index (κ2) is 10.4. The van der Waals surface area contributed by atoms with Crippen LogP contribution < -0.4 is 0 Å². The maximum atomic E-state index is 12.9. The van der Waals surface area contributed by atoms with E-state index in [-0.39, 0.29) is 45.4 Å². The molecule has 8 nitrogen and oxygen atoms in total. The predicted molar refractivity (Wildman–Crippen MR) is 121 cm³/mol. The number of ketones is 1. The molecule has 170 valence electrons. The third-order valence-electron chi connectivity index (χ3n) is 4.69. The molecule has 3 rings (SSSR count). The van der Waals surface area contributed by atoms with Gasteiger partial charge in [-0.15, -0.1) is 0 Å². The molecule has 0 heterocycles. The van der Waals surface area contributed by atoms with E-state index in [1.807, 2.05) is 0 Å². The lowest BCUT2D eigenvalue weighted by Gasteiger charge is -2.10. The summed E-state index contributed by atoms with van der Waals surface area (Å²) in [6.07, 6.45) is 0.0719. The van der Waals surface area contributed by atoms with Crippen LogP contribution in [0.5, 0.6) is 0 Å². The molecule has 0 amide bonds. The minimum atomic E-state index is -3.51. The zero-order valence-corrected chi connectivity index (χ0v) is 18.7. The summed E-state index contributed by atoms with van der Waals surface area (Å²) in [6.45, 7) is -0.167. The smallest absolute Gasteiger partial charge is 0.338 e. The lowest BCUT2D eigenvalue weighted by molar-refractivity contribution is -0.384. The average molecular weight is 488 g/mol. The Morgan fingerprint density at radius 1 is 0.939 bits per heavy atom. The van der Waals surface area contributed by atoms with Gasteiger partial charge < -0.3 is 4.74 Å². The number of benzene rings is 3. The van der Waals surface area contributed by atoms with E-state index in [0.29, 0.717) is 0 Å². The Balaban J connectivity index is 1.70. The highest BCUT2D eigenvalue weighted by atomic mass is 35.5. The van der Waals surface area contributed by atoms with Gasteiger partial charge in [0.25, 0.3) is 5.69 Å². The molecular formula is C23H18ClNO7S. The van der Waals surface area contributed by atoms with Crippen molar-refractivity contribution in [3.05, 3.63) is 105 Å². The molecule has 0 fully saturated rings. The van der Waals surface area contributed by atoms with Gasteiger partial charge in [-0.25, -0.2) is 13.2 Å². The third-order valence-corrected chi connectivity index (χ3v) is 6.83. The zero-order valence-electron chi connectivity index (χ0n) is 17.1. The molecule has 0 atom stereocenters.